The Morgan fingerprint density at radius 2 is 2.12 bits per heavy atom. The zero-order valence-electron chi connectivity index (χ0n) is 9.73. The number of hydrogen-bond acceptors (Lipinski definition) is 5. The number of β-amino-alcohol motifs (C(OH)–C–C–N with tert-alkyl or cyclic N) is 1. The summed E-state index contributed by atoms with van der Waals surface area (Å²) in [5, 5.41) is 16.5. The van der Waals surface area contributed by atoms with Crippen molar-refractivity contribution in [3.8, 4) is 0 Å². The largest absolute Gasteiger partial charge is 0.392 e. The smallest absolute Gasteiger partial charge is 0.243 e. The van der Waals surface area contributed by atoms with E-state index in [9.17, 15) is 5.11 Å². The van der Waals surface area contributed by atoms with Gasteiger partial charge in [-0.25, -0.2) is 0 Å². The van der Waals surface area contributed by atoms with Gasteiger partial charge in [0.15, 0.2) is 5.82 Å². The molecule has 2 N–H and O–H groups in total. The van der Waals surface area contributed by atoms with E-state index in [1.807, 2.05) is 20.8 Å². The van der Waals surface area contributed by atoms with Crippen LogP contribution in [0, 0.1) is 0 Å². The number of aromatic nitrogens is 2. The lowest BCUT2D eigenvalue weighted by Gasteiger charge is -2.11. The second kappa shape index (κ2) is 4.69. The lowest BCUT2D eigenvalue weighted by Crippen LogP contribution is -2.16. The number of hydrogen-bond donors (Lipinski definition) is 2. The zero-order valence-corrected chi connectivity index (χ0v) is 10.5. The Bertz CT molecular complexity index is 348. The van der Waals surface area contributed by atoms with E-state index in [0.717, 1.165) is 0 Å². The maximum Gasteiger partial charge on any atom is 0.243 e. The molecule has 2 heterocycles. The van der Waals surface area contributed by atoms with Crippen LogP contribution in [0.2, 0.25) is 0 Å². The van der Waals surface area contributed by atoms with Crippen molar-refractivity contribution in [2.45, 2.75) is 44.8 Å². The summed E-state index contributed by atoms with van der Waals surface area (Å²) in [7, 11) is 0. The maximum absolute atomic E-state index is 9.38. The predicted octanol–water partition coefficient (Wildman–Crippen LogP) is 1.18. The molecule has 0 bridgehead atoms. The van der Waals surface area contributed by atoms with Gasteiger partial charge in [0.2, 0.25) is 5.89 Å². The minimum atomic E-state index is -0.306. The van der Waals surface area contributed by atoms with Crippen molar-refractivity contribution in [3.05, 3.63) is 11.7 Å². The molecule has 1 fully saturated rings. The number of rotatable bonds is 1. The molecule has 1 aromatic rings. The monoisotopic (exact) mass is 247 g/mol. The van der Waals surface area contributed by atoms with Crippen LogP contribution >= 0.6 is 12.4 Å². The summed E-state index contributed by atoms with van der Waals surface area (Å²) in [6.07, 6.45) is 0.339. The summed E-state index contributed by atoms with van der Waals surface area (Å²) in [5.41, 5.74) is -0.0982. The molecule has 0 radical (unpaired) electrons. The molecule has 6 heteroatoms. The summed E-state index contributed by atoms with van der Waals surface area (Å²) in [6, 6.07) is 0.00333. The Labute approximate surface area is 101 Å². The normalized spacial score (nSPS) is 25.5. The Kier molecular flexibility index (Phi) is 3.93. The van der Waals surface area contributed by atoms with Gasteiger partial charge < -0.3 is 14.9 Å². The molecule has 92 valence electrons. The van der Waals surface area contributed by atoms with Crippen LogP contribution in [0.25, 0.3) is 0 Å². The minimum absolute atomic E-state index is 0. The molecule has 0 unspecified atom stereocenters. The molecular formula is C10H18ClN3O2. The van der Waals surface area contributed by atoms with E-state index >= 15 is 0 Å². The standard InChI is InChI=1S/C10H17N3O2.ClH/c1-10(2,3)9-12-8(15-13-9)7-4-6(14)5-11-7;/h6-7,11,14H,4-5H2,1-3H3;1H/t6-,7-;/m1./s1. The second-order valence-corrected chi connectivity index (χ2v) is 5.06. The third-order valence-corrected chi connectivity index (χ3v) is 2.52. The molecule has 5 nitrogen and oxygen atoms in total. The molecule has 1 saturated heterocycles. The van der Waals surface area contributed by atoms with Gasteiger partial charge in [-0.15, -0.1) is 12.4 Å². The van der Waals surface area contributed by atoms with Crippen LogP contribution in [0.15, 0.2) is 4.52 Å². The van der Waals surface area contributed by atoms with Crippen LogP contribution in [0.1, 0.15) is 44.9 Å². The SMILES string of the molecule is CC(C)(C)c1noc([C@H]2C[C@@H](O)CN2)n1.Cl. The van der Waals surface area contributed by atoms with Gasteiger partial charge in [-0.1, -0.05) is 25.9 Å². The van der Waals surface area contributed by atoms with E-state index in [1.54, 1.807) is 0 Å². The Morgan fingerprint density at radius 1 is 1.44 bits per heavy atom. The summed E-state index contributed by atoms with van der Waals surface area (Å²) < 4.78 is 5.19. The molecule has 2 atom stereocenters. The first-order chi connectivity index (χ1) is 6.97. The fourth-order valence-electron chi connectivity index (χ4n) is 1.59. The molecule has 0 amide bonds. The van der Waals surface area contributed by atoms with Gasteiger partial charge >= 0.3 is 0 Å². The van der Waals surface area contributed by atoms with E-state index in [-0.39, 0.29) is 30.0 Å². The first kappa shape index (κ1) is 13.4. The van der Waals surface area contributed by atoms with Crippen LogP contribution in [0.5, 0.6) is 0 Å². The number of halogens is 1. The van der Waals surface area contributed by atoms with Crippen molar-refractivity contribution < 1.29 is 9.63 Å². The number of aliphatic hydroxyl groups excluding tert-OH is 1. The van der Waals surface area contributed by atoms with Gasteiger partial charge in [0.25, 0.3) is 0 Å². The molecule has 0 saturated carbocycles. The molecule has 0 aromatic carbocycles. The van der Waals surface area contributed by atoms with Gasteiger partial charge in [-0.3, -0.25) is 0 Å². The Hall–Kier alpha value is -0.650. The highest BCUT2D eigenvalue weighted by Gasteiger charge is 2.30. The van der Waals surface area contributed by atoms with E-state index in [1.165, 1.54) is 0 Å². The first-order valence-electron chi connectivity index (χ1n) is 5.22. The van der Waals surface area contributed by atoms with Gasteiger partial charge in [-0.05, 0) is 6.42 Å². The quantitative estimate of drug-likeness (QED) is 0.780. The Balaban J connectivity index is 0.00000128. The third kappa shape index (κ3) is 2.72. The van der Waals surface area contributed by atoms with Gasteiger partial charge in [0.1, 0.15) is 0 Å². The molecule has 1 aliphatic heterocycles. The molecule has 1 aliphatic rings. The predicted molar refractivity (Wildman–Crippen MR) is 61.6 cm³/mol. The van der Waals surface area contributed by atoms with Crippen molar-refractivity contribution in [3.63, 3.8) is 0 Å². The third-order valence-electron chi connectivity index (χ3n) is 2.52. The molecule has 1 aromatic heterocycles. The fraction of sp³-hybridized carbons (Fsp3) is 0.800. The van der Waals surface area contributed by atoms with Crippen LogP contribution in [-0.4, -0.2) is 27.9 Å². The van der Waals surface area contributed by atoms with E-state index < -0.39 is 0 Å². The number of nitrogens with one attached hydrogen (secondary N) is 1. The van der Waals surface area contributed by atoms with Crippen molar-refractivity contribution >= 4 is 12.4 Å². The van der Waals surface area contributed by atoms with Crippen molar-refractivity contribution in [1.82, 2.24) is 15.5 Å². The highest BCUT2D eigenvalue weighted by molar-refractivity contribution is 5.85. The molecule has 0 spiro atoms. The zero-order chi connectivity index (χ0) is 11.1. The van der Waals surface area contributed by atoms with Gasteiger partial charge in [0.05, 0.1) is 12.1 Å². The summed E-state index contributed by atoms with van der Waals surface area (Å²) >= 11 is 0. The molecular weight excluding hydrogens is 230 g/mol. The van der Waals surface area contributed by atoms with Crippen LogP contribution < -0.4 is 5.32 Å². The van der Waals surface area contributed by atoms with E-state index in [2.05, 4.69) is 15.5 Å². The van der Waals surface area contributed by atoms with E-state index in [4.69, 9.17) is 4.52 Å². The summed E-state index contributed by atoms with van der Waals surface area (Å²) in [5.74, 6) is 1.29. The number of nitrogens with zero attached hydrogens (tertiary/aromatic N) is 2. The van der Waals surface area contributed by atoms with Gasteiger partial charge in [0, 0.05) is 12.0 Å². The van der Waals surface area contributed by atoms with Crippen molar-refractivity contribution in [2.75, 3.05) is 6.54 Å². The highest BCUT2D eigenvalue weighted by Crippen LogP contribution is 2.25. The van der Waals surface area contributed by atoms with Crippen molar-refractivity contribution in [2.24, 2.45) is 0 Å². The molecule has 16 heavy (non-hydrogen) atoms. The molecule has 0 aliphatic carbocycles. The number of aliphatic hydroxyl groups is 1. The lowest BCUT2D eigenvalue weighted by molar-refractivity contribution is 0.191. The van der Waals surface area contributed by atoms with Crippen LogP contribution in [0.4, 0.5) is 0 Å². The Morgan fingerprint density at radius 3 is 2.56 bits per heavy atom. The average molecular weight is 248 g/mol. The molecule has 2 rings (SSSR count). The topological polar surface area (TPSA) is 71.2 Å². The lowest BCUT2D eigenvalue weighted by atomic mass is 9.96. The summed E-state index contributed by atoms with van der Waals surface area (Å²) in [6.45, 7) is 6.72. The maximum atomic E-state index is 9.38. The van der Waals surface area contributed by atoms with Crippen LogP contribution in [0.3, 0.4) is 0 Å². The van der Waals surface area contributed by atoms with Crippen molar-refractivity contribution in [1.29, 1.82) is 0 Å². The van der Waals surface area contributed by atoms with E-state index in [0.29, 0.717) is 24.7 Å². The first-order valence-corrected chi connectivity index (χ1v) is 5.22. The second-order valence-electron chi connectivity index (χ2n) is 5.06. The summed E-state index contributed by atoms with van der Waals surface area (Å²) in [4.78, 5) is 4.35. The minimum Gasteiger partial charge on any atom is -0.392 e. The van der Waals surface area contributed by atoms with Crippen LogP contribution in [-0.2, 0) is 5.41 Å². The van der Waals surface area contributed by atoms with Gasteiger partial charge in [-0.2, -0.15) is 4.98 Å². The average Bonchev–Trinajstić information content (AvgIpc) is 2.69. The fourth-order valence-corrected chi connectivity index (χ4v) is 1.59. The highest BCUT2D eigenvalue weighted by atomic mass is 35.5.